The monoisotopic (exact) mass is 608 g/mol. The van der Waals surface area contributed by atoms with E-state index in [4.69, 9.17) is 16.3 Å². The number of ether oxygens (including phenoxy) is 1. The number of aliphatic carboxylic acids is 1. The van der Waals surface area contributed by atoms with Crippen LogP contribution >= 0.6 is 11.6 Å². The topological polar surface area (TPSA) is 128 Å². The van der Waals surface area contributed by atoms with Gasteiger partial charge in [0.25, 0.3) is 5.91 Å². The summed E-state index contributed by atoms with van der Waals surface area (Å²) in [7, 11) is 0. The van der Waals surface area contributed by atoms with Crippen molar-refractivity contribution in [2.75, 3.05) is 47.8 Å². The van der Waals surface area contributed by atoms with Crippen LogP contribution in [0.25, 0.3) is 0 Å². The number of amides is 2. The number of rotatable bonds is 12. The molecule has 1 atom stereocenters. The molecule has 228 valence electrons. The molecule has 3 aromatic rings. The number of hydrogen-bond acceptors (Lipinski definition) is 8. The van der Waals surface area contributed by atoms with Crippen molar-refractivity contribution >= 4 is 47.0 Å². The summed E-state index contributed by atoms with van der Waals surface area (Å²) in [5.74, 6) is -0.451. The lowest BCUT2D eigenvalue weighted by Gasteiger charge is -2.27. The molecule has 0 radical (unpaired) electrons. The second kappa shape index (κ2) is 14.7. The Morgan fingerprint density at radius 3 is 2.30 bits per heavy atom. The number of halogens is 1. The molecule has 2 aromatic carbocycles. The van der Waals surface area contributed by atoms with Gasteiger partial charge in [-0.05, 0) is 63.4 Å². The maximum Gasteiger partial charge on any atom is 0.415 e. The highest BCUT2D eigenvalue weighted by molar-refractivity contribution is 6.34. The predicted octanol–water partition coefficient (Wildman–Crippen LogP) is 5.35. The molecule has 0 spiro atoms. The van der Waals surface area contributed by atoms with E-state index >= 15 is 0 Å². The van der Waals surface area contributed by atoms with Crippen molar-refractivity contribution in [3.8, 4) is 5.75 Å². The summed E-state index contributed by atoms with van der Waals surface area (Å²) in [6.07, 6.45) is 3.18. The maximum absolute atomic E-state index is 13.6. The number of benzene rings is 2. The van der Waals surface area contributed by atoms with E-state index in [1.165, 1.54) is 11.1 Å². The minimum atomic E-state index is -1.10. The lowest BCUT2D eigenvalue weighted by Crippen LogP contribution is -2.36. The van der Waals surface area contributed by atoms with Crippen LogP contribution in [0.5, 0.6) is 5.75 Å². The molecule has 2 amide bonds. The zero-order valence-electron chi connectivity index (χ0n) is 24.6. The van der Waals surface area contributed by atoms with E-state index in [0.29, 0.717) is 59.7 Å². The second-order valence-corrected chi connectivity index (χ2v) is 10.5. The number of aromatic nitrogens is 2. The predicted molar refractivity (Wildman–Crippen MR) is 166 cm³/mol. The fraction of sp³-hybridized carbons (Fsp3) is 0.387. The van der Waals surface area contributed by atoms with Crippen molar-refractivity contribution in [2.24, 2.45) is 0 Å². The second-order valence-electron chi connectivity index (χ2n) is 10.1. The molecule has 43 heavy (non-hydrogen) atoms. The summed E-state index contributed by atoms with van der Waals surface area (Å²) in [6.45, 7) is 8.67. The van der Waals surface area contributed by atoms with E-state index in [1.54, 1.807) is 53.4 Å². The number of likely N-dealkylation sites (tertiary alicyclic amines) is 1. The molecule has 0 bridgehead atoms. The number of hydrogen-bond donors (Lipinski definition) is 2. The first-order valence-electron chi connectivity index (χ1n) is 14.5. The first-order valence-corrected chi connectivity index (χ1v) is 14.9. The molecular weight excluding hydrogens is 572 g/mol. The van der Waals surface area contributed by atoms with E-state index < -0.39 is 12.0 Å². The van der Waals surface area contributed by atoms with Gasteiger partial charge in [0.1, 0.15) is 17.5 Å². The lowest BCUT2D eigenvalue weighted by molar-refractivity contribution is -0.137. The number of carboxylic acids is 1. The minimum absolute atomic E-state index is 0.102. The van der Waals surface area contributed by atoms with Gasteiger partial charge in [0.05, 0.1) is 16.8 Å². The Kier molecular flexibility index (Phi) is 10.8. The third kappa shape index (κ3) is 7.72. The fourth-order valence-electron chi connectivity index (χ4n) is 4.89. The van der Waals surface area contributed by atoms with Gasteiger partial charge in [0.15, 0.2) is 5.82 Å². The van der Waals surface area contributed by atoms with Gasteiger partial charge < -0.3 is 29.9 Å². The molecule has 1 aliphatic rings. The van der Waals surface area contributed by atoms with E-state index in [0.717, 1.165) is 12.8 Å². The van der Waals surface area contributed by atoms with Gasteiger partial charge >= 0.3 is 12.1 Å². The molecule has 2 N–H and O–H groups in total. The van der Waals surface area contributed by atoms with Crippen LogP contribution in [0.1, 0.15) is 49.5 Å². The van der Waals surface area contributed by atoms with Crippen molar-refractivity contribution in [1.82, 2.24) is 14.9 Å². The molecule has 12 heteroatoms. The van der Waals surface area contributed by atoms with E-state index in [-0.39, 0.29) is 30.8 Å². The van der Waals surface area contributed by atoms with Gasteiger partial charge in [-0.3, -0.25) is 4.79 Å². The lowest BCUT2D eigenvalue weighted by atomic mass is 10.1. The van der Waals surface area contributed by atoms with Crippen LogP contribution in [0.2, 0.25) is 5.02 Å². The molecule has 0 saturated carbocycles. The van der Waals surface area contributed by atoms with Crippen molar-refractivity contribution < 1.29 is 24.2 Å². The van der Waals surface area contributed by atoms with Crippen molar-refractivity contribution in [3.05, 3.63) is 70.9 Å². The average Bonchev–Trinajstić information content (AvgIpc) is 3.55. The summed E-state index contributed by atoms with van der Waals surface area (Å²) >= 11 is 6.33. The standard InChI is InChI=1S/C31H37ClN6O5/c1-4-36(5-2)30-33-20-26(38(6-3)28(39)23-11-7-8-12-24(23)32)27(35-30)34-25(29(40)41)19-21-13-15-22(16-14-21)43-31(42)37-17-9-10-18-37/h7-8,11-16,20,25H,4-6,9-10,17-19H2,1-3H3,(H,40,41)(H,33,34,35)/t25-/m0/s1. The number of nitrogens with one attached hydrogen (secondary N) is 1. The molecule has 0 unspecified atom stereocenters. The van der Waals surface area contributed by atoms with Crippen LogP contribution < -0.4 is 19.9 Å². The Balaban J connectivity index is 1.60. The average molecular weight is 609 g/mol. The van der Waals surface area contributed by atoms with Gasteiger partial charge in [0.2, 0.25) is 5.95 Å². The minimum Gasteiger partial charge on any atom is -0.480 e. The van der Waals surface area contributed by atoms with E-state index in [1.807, 2.05) is 25.7 Å². The Labute approximate surface area is 256 Å². The number of nitrogens with zero attached hydrogens (tertiary/aromatic N) is 5. The highest BCUT2D eigenvalue weighted by atomic mass is 35.5. The highest BCUT2D eigenvalue weighted by Crippen LogP contribution is 2.29. The third-order valence-electron chi connectivity index (χ3n) is 7.30. The Morgan fingerprint density at radius 1 is 1.02 bits per heavy atom. The highest BCUT2D eigenvalue weighted by Gasteiger charge is 2.27. The van der Waals surface area contributed by atoms with Crippen LogP contribution in [0.3, 0.4) is 0 Å². The van der Waals surface area contributed by atoms with Crippen LogP contribution in [0, 0.1) is 0 Å². The maximum atomic E-state index is 13.6. The first-order chi connectivity index (χ1) is 20.7. The Bertz CT molecular complexity index is 1430. The van der Waals surface area contributed by atoms with Gasteiger partial charge in [-0.1, -0.05) is 35.9 Å². The van der Waals surface area contributed by atoms with Crippen molar-refractivity contribution in [1.29, 1.82) is 0 Å². The Hall–Kier alpha value is -4.38. The number of carboxylic acid groups (broad SMARTS) is 1. The fourth-order valence-corrected chi connectivity index (χ4v) is 5.11. The number of carbonyl (C=O) groups is 3. The van der Waals surface area contributed by atoms with E-state index in [2.05, 4.69) is 15.3 Å². The number of anilines is 3. The van der Waals surface area contributed by atoms with Gasteiger partial charge in [-0.25, -0.2) is 14.6 Å². The molecule has 1 aliphatic heterocycles. The molecule has 2 heterocycles. The van der Waals surface area contributed by atoms with Crippen molar-refractivity contribution in [2.45, 2.75) is 46.1 Å². The van der Waals surface area contributed by atoms with Gasteiger partial charge in [-0.2, -0.15) is 4.98 Å². The summed E-state index contributed by atoms with van der Waals surface area (Å²) in [4.78, 5) is 52.6. The SMILES string of the molecule is CCN(CC)c1ncc(N(CC)C(=O)c2ccccc2Cl)c(N[C@@H](Cc2ccc(OC(=O)N3CCCC3)cc2)C(=O)O)n1. The summed E-state index contributed by atoms with van der Waals surface area (Å²) in [5, 5.41) is 13.5. The summed E-state index contributed by atoms with van der Waals surface area (Å²) in [5.41, 5.74) is 1.35. The van der Waals surface area contributed by atoms with Gasteiger partial charge in [-0.15, -0.1) is 0 Å². The summed E-state index contributed by atoms with van der Waals surface area (Å²) in [6, 6.07) is 12.4. The molecule has 1 fully saturated rings. The molecule has 11 nitrogen and oxygen atoms in total. The van der Waals surface area contributed by atoms with Crippen LogP contribution in [-0.4, -0.2) is 76.7 Å². The summed E-state index contributed by atoms with van der Waals surface area (Å²) < 4.78 is 5.47. The molecule has 0 aliphatic carbocycles. The smallest absolute Gasteiger partial charge is 0.415 e. The third-order valence-corrected chi connectivity index (χ3v) is 7.63. The first kappa shape index (κ1) is 31.6. The zero-order chi connectivity index (χ0) is 30.9. The van der Waals surface area contributed by atoms with Crippen LogP contribution in [-0.2, 0) is 11.2 Å². The van der Waals surface area contributed by atoms with Crippen molar-refractivity contribution in [3.63, 3.8) is 0 Å². The Morgan fingerprint density at radius 2 is 1.70 bits per heavy atom. The molecular formula is C31H37ClN6O5. The quantitative estimate of drug-likeness (QED) is 0.280. The normalized spacial score (nSPS) is 13.3. The largest absolute Gasteiger partial charge is 0.480 e. The number of carbonyl (C=O) groups excluding carboxylic acids is 2. The molecule has 1 saturated heterocycles. The zero-order valence-corrected chi connectivity index (χ0v) is 25.4. The van der Waals surface area contributed by atoms with E-state index in [9.17, 15) is 19.5 Å². The molecule has 1 aromatic heterocycles. The van der Waals surface area contributed by atoms with Crippen LogP contribution in [0.15, 0.2) is 54.7 Å². The van der Waals surface area contributed by atoms with Crippen LogP contribution in [0.4, 0.5) is 22.2 Å². The van der Waals surface area contributed by atoms with Gasteiger partial charge in [0, 0.05) is 39.1 Å². The molecule has 4 rings (SSSR count).